The number of nitrogens with one attached hydrogen (secondary N) is 2. The molecule has 0 aromatic heterocycles. The first-order valence-electron chi connectivity index (χ1n) is 8.24. The molecule has 122 valence electrons. The number of nitrogens with zero attached hydrogens (tertiary/aromatic N) is 2. The Morgan fingerprint density at radius 3 is 2.57 bits per heavy atom. The molecule has 2 fully saturated rings. The van der Waals surface area contributed by atoms with Gasteiger partial charge < -0.3 is 10.6 Å². The fourth-order valence-electron chi connectivity index (χ4n) is 3.75. The first-order chi connectivity index (χ1) is 9.89. The Hall–Kier alpha value is 0.310. The first kappa shape index (κ1) is 17.7. The average Bonchev–Trinajstić information content (AvgIpc) is 2.56. The van der Waals surface area contributed by atoms with Crippen molar-refractivity contribution < 1.29 is 0 Å². The van der Waals surface area contributed by atoms with Crippen LogP contribution in [0.5, 0.6) is 0 Å². The molecule has 0 spiro atoms. The smallest absolute Gasteiger partial charge is 0.191 e. The summed E-state index contributed by atoms with van der Waals surface area (Å²) in [6, 6.07) is 0. The van der Waals surface area contributed by atoms with Crippen molar-refractivity contribution in [2.75, 3.05) is 44.2 Å². The summed E-state index contributed by atoms with van der Waals surface area (Å²) in [7, 11) is 0. The Labute approximate surface area is 150 Å². The topological polar surface area (TPSA) is 39.7 Å². The lowest BCUT2D eigenvalue weighted by Crippen LogP contribution is -2.60. The molecule has 6 heteroatoms. The summed E-state index contributed by atoms with van der Waals surface area (Å²) in [6.07, 6.45) is 8.09. The average molecular weight is 424 g/mol. The molecule has 2 N–H and O–H groups in total. The highest BCUT2D eigenvalue weighted by Crippen LogP contribution is 2.34. The summed E-state index contributed by atoms with van der Waals surface area (Å²) in [5.74, 6) is 3.65. The van der Waals surface area contributed by atoms with Gasteiger partial charge in [0.15, 0.2) is 5.96 Å². The molecule has 0 amide bonds. The van der Waals surface area contributed by atoms with E-state index in [0.29, 0.717) is 5.54 Å². The summed E-state index contributed by atoms with van der Waals surface area (Å²) >= 11 is 2.11. The summed E-state index contributed by atoms with van der Waals surface area (Å²) in [5.41, 5.74) is 0.390. The Bertz CT molecular complexity index is 339. The van der Waals surface area contributed by atoms with E-state index in [9.17, 15) is 0 Å². The fourth-order valence-corrected chi connectivity index (χ4v) is 4.65. The van der Waals surface area contributed by atoms with Crippen LogP contribution >= 0.6 is 35.7 Å². The quantitative estimate of drug-likeness (QED) is 0.683. The van der Waals surface area contributed by atoms with Gasteiger partial charge in [-0.2, -0.15) is 11.8 Å². The third-order valence-corrected chi connectivity index (χ3v) is 5.89. The highest BCUT2D eigenvalue weighted by atomic mass is 127. The normalized spacial score (nSPS) is 26.2. The van der Waals surface area contributed by atoms with Crippen LogP contribution < -0.4 is 10.6 Å². The molecule has 3 rings (SSSR count). The van der Waals surface area contributed by atoms with Crippen molar-refractivity contribution in [2.24, 2.45) is 4.99 Å². The van der Waals surface area contributed by atoms with E-state index in [-0.39, 0.29) is 24.0 Å². The van der Waals surface area contributed by atoms with E-state index in [0.717, 1.165) is 25.6 Å². The largest absolute Gasteiger partial charge is 0.356 e. The lowest BCUT2D eigenvalue weighted by molar-refractivity contribution is 0.0625. The van der Waals surface area contributed by atoms with Crippen LogP contribution in [0.3, 0.4) is 0 Å². The van der Waals surface area contributed by atoms with Gasteiger partial charge in [-0.3, -0.25) is 9.89 Å². The number of guanidine groups is 1. The summed E-state index contributed by atoms with van der Waals surface area (Å²) < 4.78 is 0. The van der Waals surface area contributed by atoms with Gasteiger partial charge in [-0.05, 0) is 19.3 Å². The lowest BCUT2D eigenvalue weighted by Gasteiger charge is -2.48. The second kappa shape index (κ2) is 8.82. The Morgan fingerprint density at radius 1 is 1.14 bits per heavy atom. The summed E-state index contributed by atoms with van der Waals surface area (Å²) in [6.45, 7) is 5.66. The van der Waals surface area contributed by atoms with Crippen molar-refractivity contribution in [3.8, 4) is 0 Å². The van der Waals surface area contributed by atoms with Crippen LogP contribution in [-0.4, -0.2) is 60.6 Å². The molecule has 2 aliphatic heterocycles. The minimum Gasteiger partial charge on any atom is -0.356 e. The van der Waals surface area contributed by atoms with Crippen molar-refractivity contribution in [3.05, 3.63) is 0 Å². The zero-order valence-corrected chi connectivity index (χ0v) is 16.1. The van der Waals surface area contributed by atoms with Gasteiger partial charge in [0.2, 0.25) is 0 Å². The molecular weight excluding hydrogens is 395 g/mol. The fraction of sp³-hybridized carbons (Fsp3) is 0.933. The molecule has 3 aliphatic rings. The Balaban J connectivity index is 0.00000161. The Morgan fingerprint density at radius 2 is 1.90 bits per heavy atom. The number of aliphatic imine (C=N–C) groups is 1. The molecule has 0 atom stereocenters. The van der Waals surface area contributed by atoms with Crippen LogP contribution in [0.1, 0.15) is 38.5 Å². The van der Waals surface area contributed by atoms with Gasteiger partial charge in [0.25, 0.3) is 0 Å². The minimum atomic E-state index is 0. The van der Waals surface area contributed by atoms with Gasteiger partial charge in [-0.15, -0.1) is 24.0 Å². The molecule has 2 heterocycles. The van der Waals surface area contributed by atoms with Gasteiger partial charge in [0.05, 0.1) is 0 Å². The van der Waals surface area contributed by atoms with E-state index in [1.807, 2.05) is 0 Å². The second-order valence-corrected chi connectivity index (χ2v) is 7.47. The molecule has 0 radical (unpaired) electrons. The van der Waals surface area contributed by atoms with Crippen molar-refractivity contribution in [1.82, 2.24) is 15.5 Å². The highest BCUT2D eigenvalue weighted by Gasteiger charge is 2.38. The molecule has 21 heavy (non-hydrogen) atoms. The van der Waals surface area contributed by atoms with E-state index in [2.05, 4.69) is 32.3 Å². The highest BCUT2D eigenvalue weighted by molar-refractivity contribution is 14.0. The monoisotopic (exact) mass is 424 g/mol. The van der Waals surface area contributed by atoms with Gasteiger partial charge in [0.1, 0.15) is 0 Å². The second-order valence-electron chi connectivity index (χ2n) is 6.25. The summed E-state index contributed by atoms with van der Waals surface area (Å²) in [4.78, 5) is 7.34. The number of halogens is 1. The van der Waals surface area contributed by atoms with Crippen LogP contribution in [0.15, 0.2) is 4.99 Å². The van der Waals surface area contributed by atoms with Gasteiger partial charge in [-0.25, -0.2) is 0 Å². The SMILES string of the molecule is C1CCC(CNC2=NCCCN2)(N2CCSCC2)CC1.I. The molecule has 0 unspecified atom stereocenters. The standard InChI is InChI=1S/C15H28N4S.HI/c1-2-5-15(6-3-1,19-9-11-20-12-10-19)13-18-14-16-7-4-8-17-14;/h1-13H2,(H2,16,17,18);1H. The van der Waals surface area contributed by atoms with Crippen LogP contribution in [0, 0.1) is 0 Å². The van der Waals surface area contributed by atoms with Gasteiger partial charge in [-0.1, -0.05) is 19.3 Å². The van der Waals surface area contributed by atoms with Crippen molar-refractivity contribution in [1.29, 1.82) is 0 Å². The summed E-state index contributed by atoms with van der Waals surface area (Å²) in [5, 5.41) is 7.01. The third-order valence-electron chi connectivity index (χ3n) is 4.95. The predicted octanol–water partition coefficient (Wildman–Crippen LogP) is 2.30. The van der Waals surface area contributed by atoms with Crippen molar-refractivity contribution in [2.45, 2.75) is 44.1 Å². The van der Waals surface area contributed by atoms with E-state index >= 15 is 0 Å². The molecule has 1 aliphatic carbocycles. The van der Waals surface area contributed by atoms with Crippen LogP contribution in [0.25, 0.3) is 0 Å². The van der Waals surface area contributed by atoms with Crippen LogP contribution in [-0.2, 0) is 0 Å². The molecular formula is C15H29IN4S. The van der Waals surface area contributed by atoms with Crippen molar-refractivity contribution >= 4 is 41.7 Å². The van der Waals surface area contributed by atoms with E-state index in [1.54, 1.807) is 0 Å². The van der Waals surface area contributed by atoms with Gasteiger partial charge in [0, 0.05) is 49.8 Å². The molecule has 4 nitrogen and oxygen atoms in total. The lowest BCUT2D eigenvalue weighted by atomic mass is 9.80. The third kappa shape index (κ3) is 4.64. The number of hydrogen-bond donors (Lipinski definition) is 2. The number of hydrogen-bond acceptors (Lipinski definition) is 5. The molecule has 0 aromatic carbocycles. The van der Waals surface area contributed by atoms with Crippen LogP contribution in [0.2, 0.25) is 0 Å². The minimum absolute atomic E-state index is 0. The molecule has 0 bridgehead atoms. The molecule has 1 saturated carbocycles. The Kier molecular flexibility index (Phi) is 7.41. The van der Waals surface area contributed by atoms with Crippen LogP contribution in [0.4, 0.5) is 0 Å². The maximum Gasteiger partial charge on any atom is 0.191 e. The maximum absolute atomic E-state index is 4.56. The zero-order chi connectivity index (χ0) is 13.7. The number of thioether (sulfide) groups is 1. The van der Waals surface area contributed by atoms with E-state index in [1.165, 1.54) is 63.1 Å². The zero-order valence-electron chi connectivity index (χ0n) is 12.9. The van der Waals surface area contributed by atoms with E-state index in [4.69, 9.17) is 0 Å². The molecule has 1 saturated heterocycles. The molecule has 0 aromatic rings. The maximum atomic E-state index is 4.56. The predicted molar refractivity (Wildman–Crippen MR) is 103 cm³/mol. The number of rotatable bonds is 3. The van der Waals surface area contributed by atoms with E-state index < -0.39 is 0 Å². The van der Waals surface area contributed by atoms with Crippen molar-refractivity contribution in [3.63, 3.8) is 0 Å². The first-order valence-corrected chi connectivity index (χ1v) is 9.40. The van der Waals surface area contributed by atoms with Gasteiger partial charge >= 0.3 is 0 Å².